The predicted molar refractivity (Wildman–Crippen MR) is 140 cm³/mol. The molecule has 2 bridgehead atoms. The van der Waals surface area contributed by atoms with Gasteiger partial charge in [-0.1, -0.05) is 12.1 Å². The lowest BCUT2D eigenvalue weighted by Gasteiger charge is -2.39. The predicted octanol–water partition coefficient (Wildman–Crippen LogP) is 3.12. The third-order valence-corrected chi connectivity index (χ3v) is 6.91. The second-order valence-corrected chi connectivity index (χ2v) is 9.14. The van der Waals surface area contributed by atoms with E-state index < -0.39 is 0 Å². The molecule has 3 aliphatic rings. The Kier molecular flexibility index (Phi) is 7.74. The van der Waals surface area contributed by atoms with Gasteiger partial charge in [0.15, 0.2) is 11.5 Å². The normalized spacial score (nSPS) is 17.9. The van der Waals surface area contributed by atoms with Gasteiger partial charge in [0.2, 0.25) is 5.91 Å². The molecule has 1 unspecified atom stereocenters. The van der Waals surface area contributed by atoms with Crippen LogP contribution in [0.1, 0.15) is 33.1 Å². The molecule has 1 aromatic heterocycles. The second-order valence-electron chi connectivity index (χ2n) is 9.14. The van der Waals surface area contributed by atoms with Crippen molar-refractivity contribution >= 4 is 11.8 Å². The molecule has 2 aromatic carbocycles. The van der Waals surface area contributed by atoms with Gasteiger partial charge < -0.3 is 28.7 Å². The molecule has 198 valence electrons. The number of amides is 2. The highest BCUT2D eigenvalue weighted by molar-refractivity contribution is 5.96. The number of carbonyl (C=O) groups is 2. The van der Waals surface area contributed by atoms with Gasteiger partial charge in [-0.15, -0.1) is 0 Å². The van der Waals surface area contributed by atoms with Crippen LogP contribution >= 0.6 is 0 Å². The number of methoxy groups -OCH3 is 2. The minimum Gasteiger partial charge on any atom is -0.493 e. The Hall–Kier alpha value is -4.11. The molecule has 0 N–H and O–H groups in total. The Bertz CT molecular complexity index is 1280. The molecule has 3 aliphatic heterocycles. The van der Waals surface area contributed by atoms with Crippen LogP contribution in [0.15, 0.2) is 60.9 Å². The fourth-order valence-corrected chi connectivity index (χ4v) is 4.99. The summed E-state index contributed by atoms with van der Waals surface area (Å²) in [6.45, 7) is 1.71. The van der Waals surface area contributed by atoms with Crippen molar-refractivity contribution in [3.8, 4) is 17.2 Å². The third-order valence-electron chi connectivity index (χ3n) is 6.91. The first kappa shape index (κ1) is 25.5. The highest BCUT2D eigenvalue weighted by atomic mass is 16.5. The molecular formula is C29H31N3O6. The number of pyridine rings is 1. The smallest absolute Gasteiger partial charge is 0.255 e. The minimum atomic E-state index is -0.364. The number of nitrogens with zero attached hydrogens (tertiary/aromatic N) is 3. The fourth-order valence-electron chi connectivity index (χ4n) is 4.99. The summed E-state index contributed by atoms with van der Waals surface area (Å²) in [5.74, 6) is 1.56. The average Bonchev–Trinajstić information content (AvgIpc) is 2.97. The maximum Gasteiger partial charge on any atom is 0.255 e. The Morgan fingerprint density at radius 1 is 1.00 bits per heavy atom. The van der Waals surface area contributed by atoms with E-state index in [1.807, 2.05) is 41.3 Å². The quantitative estimate of drug-likeness (QED) is 0.493. The molecule has 38 heavy (non-hydrogen) atoms. The van der Waals surface area contributed by atoms with Crippen LogP contribution in [0.4, 0.5) is 0 Å². The number of aromatic nitrogens is 1. The van der Waals surface area contributed by atoms with Crippen molar-refractivity contribution in [3.63, 3.8) is 0 Å². The zero-order valence-corrected chi connectivity index (χ0v) is 21.6. The molecule has 1 atom stereocenters. The number of benzene rings is 2. The summed E-state index contributed by atoms with van der Waals surface area (Å²) in [6, 6.07) is 14.7. The summed E-state index contributed by atoms with van der Waals surface area (Å²) >= 11 is 0. The number of hydrogen-bond acceptors (Lipinski definition) is 7. The topological polar surface area (TPSA) is 90.4 Å². The average molecular weight is 518 g/mol. The van der Waals surface area contributed by atoms with Crippen LogP contribution < -0.4 is 14.2 Å². The van der Waals surface area contributed by atoms with Crippen LogP contribution in [0.25, 0.3) is 0 Å². The zero-order chi connectivity index (χ0) is 26.5. The first-order valence-corrected chi connectivity index (χ1v) is 12.6. The second kappa shape index (κ2) is 11.5. The van der Waals surface area contributed by atoms with E-state index in [4.69, 9.17) is 18.9 Å². The maximum atomic E-state index is 13.9. The maximum absolute atomic E-state index is 13.9. The van der Waals surface area contributed by atoms with E-state index >= 15 is 0 Å². The van der Waals surface area contributed by atoms with Gasteiger partial charge in [0.1, 0.15) is 18.9 Å². The number of ether oxygens (including phenoxy) is 4. The van der Waals surface area contributed by atoms with Crippen LogP contribution in [-0.4, -0.2) is 80.3 Å². The van der Waals surface area contributed by atoms with Gasteiger partial charge in [0.25, 0.3) is 5.91 Å². The third kappa shape index (κ3) is 5.28. The Morgan fingerprint density at radius 3 is 2.53 bits per heavy atom. The van der Waals surface area contributed by atoms with Gasteiger partial charge in [0.05, 0.1) is 39.0 Å². The molecule has 9 nitrogen and oxygen atoms in total. The van der Waals surface area contributed by atoms with E-state index in [1.54, 1.807) is 32.5 Å². The number of hydrogen-bond donors (Lipinski definition) is 0. The SMILES string of the molecule is COc1cc2c(cc1OC)C1c3ccc(cc3)OCCOCCN(C(=O)c3cccnc3)CC(=O)N1CC2. The molecule has 0 spiro atoms. The van der Waals surface area contributed by atoms with Gasteiger partial charge in [0, 0.05) is 25.5 Å². The number of carbonyl (C=O) groups excluding carboxylic acids is 2. The van der Waals surface area contributed by atoms with E-state index in [0.717, 1.165) is 22.4 Å². The number of fused-ring (bicyclic) bond motifs is 11. The molecule has 3 aromatic rings. The highest BCUT2D eigenvalue weighted by Crippen LogP contribution is 2.41. The molecular weight excluding hydrogens is 486 g/mol. The summed E-state index contributed by atoms with van der Waals surface area (Å²) in [6.07, 6.45) is 3.78. The van der Waals surface area contributed by atoms with Crippen LogP contribution in [0.2, 0.25) is 0 Å². The molecule has 9 heteroatoms. The monoisotopic (exact) mass is 517 g/mol. The van der Waals surface area contributed by atoms with Crippen LogP contribution in [0.5, 0.6) is 17.2 Å². The highest BCUT2D eigenvalue weighted by Gasteiger charge is 2.34. The van der Waals surface area contributed by atoms with Gasteiger partial charge in [-0.2, -0.15) is 0 Å². The molecule has 0 saturated carbocycles. The minimum absolute atomic E-state index is 0.0786. The van der Waals surface area contributed by atoms with Gasteiger partial charge >= 0.3 is 0 Å². The lowest BCUT2D eigenvalue weighted by Crippen LogP contribution is -2.47. The standard InChI is InChI=1S/C29H31N3O6/c1-35-25-16-21-9-11-32-27(33)19-31(29(34)22-4-3-10-30-18-22)12-13-37-14-15-38-23-7-5-20(6-8-23)28(32)24(21)17-26(25)36-2/h3-8,10,16-18,28H,9,11-15,19H2,1-2H3. The molecule has 0 saturated heterocycles. The molecule has 0 fully saturated rings. The Balaban J connectivity index is 1.54. The van der Waals surface area contributed by atoms with E-state index in [-0.39, 0.29) is 37.6 Å². The molecule has 4 heterocycles. The Morgan fingerprint density at radius 2 is 1.79 bits per heavy atom. The zero-order valence-electron chi connectivity index (χ0n) is 21.6. The molecule has 6 rings (SSSR count). The largest absolute Gasteiger partial charge is 0.493 e. The van der Waals surface area contributed by atoms with Gasteiger partial charge in [-0.3, -0.25) is 14.6 Å². The summed E-state index contributed by atoms with van der Waals surface area (Å²) in [5, 5.41) is 0. The van der Waals surface area contributed by atoms with E-state index in [2.05, 4.69) is 4.98 Å². The van der Waals surface area contributed by atoms with E-state index in [9.17, 15) is 9.59 Å². The van der Waals surface area contributed by atoms with Crippen molar-refractivity contribution in [1.82, 2.24) is 14.8 Å². The van der Waals surface area contributed by atoms with Crippen molar-refractivity contribution in [3.05, 3.63) is 83.2 Å². The van der Waals surface area contributed by atoms with Crippen molar-refractivity contribution in [2.24, 2.45) is 0 Å². The summed E-state index contributed by atoms with van der Waals surface area (Å²) in [5.41, 5.74) is 3.42. The van der Waals surface area contributed by atoms with E-state index in [1.165, 1.54) is 11.1 Å². The van der Waals surface area contributed by atoms with Crippen LogP contribution in [-0.2, 0) is 16.0 Å². The summed E-state index contributed by atoms with van der Waals surface area (Å²) in [4.78, 5) is 34.7. The van der Waals surface area contributed by atoms with Crippen LogP contribution in [0.3, 0.4) is 0 Å². The van der Waals surface area contributed by atoms with Crippen molar-refractivity contribution in [2.75, 3.05) is 53.7 Å². The van der Waals surface area contributed by atoms with Gasteiger partial charge in [-0.25, -0.2) is 0 Å². The van der Waals surface area contributed by atoms with E-state index in [0.29, 0.717) is 43.2 Å². The number of rotatable bonds is 3. The first-order valence-electron chi connectivity index (χ1n) is 12.6. The molecule has 2 amide bonds. The first-order chi connectivity index (χ1) is 18.6. The summed E-state index contributed by atoms with van der Waals surface area (Å²) < 4.78 is 22.7. The molecule has 0 aliphatic carbocycles. The van der Waals surface area contributed by atoms with Gasteiger partial charge in [-0.05, 0) is 59.5 Å². The van der Waals surface area contributed by atoms with Crippen molar-refractivity contribution in [1.29, 1.82) is 0 Å². The fraction of sp³-hybridized carbons (Fsp3) is 0.345. The summed E-state index contributed by atoms with van der Waals surface area (Å²) in [7, 11) is 3.21. The lowest BCUT2D eigenvalue weighted by molar-refractivity contribution is -0.134. The molecule has 0 radical (unpaired) electrons. The Labute approximate surface area is 221 Å². The lowest BCUT2D eigenvalue weighted by atomic mass is 9.87. The van der Waals surface area contributed by atoms with Crippen molar-refractivity contribution in [2.45, 2.75) is 12.5 Å². The van der Waals surface area contributed by atoms with Crippen molar-refractivity contribution < 1.29 is 28.5 Å². The van der Waals surface area contributed by atoms with Crippen LogP contribution in [0, 0.1) is 0 Å².